The van der Waals surface area contributed by atoms with Crippen LogP contribution in [0.1, 0.15) is 18.4 Å². The molecular weight excluding hydrogens is 439 g/mol. The molecule has 8 nitrogen and oxygen atoms in total. The molecule has 4 rings (SSSR count). The molecule has 3 aromatic rings. The van der Waals surface area contributed by atoms with Gasteiger partial charge in [-0.05, 0) is 62.8 Å². The van der Waals surface area contributed by atoms with Crippen molar-refractivity contribution < 1.29 is 18.4 Å². The van der Waals surface area contributed by atoms with Crippen LogP contribution in [0.2, 0.25) is 0 Å². The number of fused-ring (bicyclic) bond motifs is 1. The quantitative estimate of drug-likeness (QED) is 0.576. The lowest BCUT2D eigenvalue weighted by atomic mass is 9.96. The number of nitrogens with zero attached hydrogens (tertiary/aromatic N) is 3. The summed E-state index contributed by atoms with van der Waals surface area (Å²) in [4.78, 5) is 41.6. The van der Waals surface area contributed by atoms with Crippen LogP contribution in [-0.2, 0) is 22.6 Å². The number of likely N-dealkylation sites (tertiary alicyclic amines) is 1. The van der Waals surface area contributed by atoms with Gasteiger partial charge in [0.15, 0.2) is 5.58 Å². The van der Waals surface area contributed by atoms with Crippen LogP contribution in [0.25, 0.3) is 11.1 Å². The number of likely N-dealkylation sites (N-methyl/N-ethyl adjacent to an activating group) is 1. The van der Waals surface area contributed by atoms with E-state index < -0.39 is 5.76 Å². The molecule has 2 aromatic carbocycles. The van der Waals surface area contributed by atoms with E-state index in [1.165, 1.54) is 12.1 Å². The number of rotatable bonds is 7. The molecule has 1 fully saturated rings. The molecular formula is C25H29FN4O4. The minimum absolute atomic E-state index is 0.0752. The van der Waals surface area contributed by atoms with Gasteiger partial charge in [0.25, 0.3) is 0 Å². The van der Waals surface area contributed by atoms with Gasteiger partial charge in [0.05, 0.1) is 17.9 Å². The van der Waals surface area contributed by atoms with Crippen molar-refractivity contribution in [2.45, 2.75) is 25.8 Å². The Balaban J connectivity index is 1.41. The van der Waals surface area contributed by atoms with Crippen LogP contribution >= 0.6 is 0 Å². The van der Waals surface area contributed by atoms with Gasteiger partial charge >= 0.3 is 5.76 Å². The topological polar surface area (TPSA) is 87.8 Å². The average molecular weight is 469 g/mol. The lowest BCUT2D eigenvalue weighted by molar-refractivity contribution is -0.133. The second-order valence-electron chi connectivity index (χ2n) is 8.98. The highest BCUT2D eigenvalue weighted by Crippen LogP contribution is 2.22. The number of nitrogens with one attached hydrogen (secondary N) is 1. The van der Waals surface area contributed by atoms with Crippen LogP contribution in [-0.4, -0.2) is 59.9 Å². The van der Waals surface area contributed by atoms with E-state index in [0.29, 0.717) is 49.4 Å². The molecule has 180 valence electrons. The third-order valence-corrected chi connectivity index (χ3v) is 6.12. The van der Waals surface area contributed by atoms with Crippen LogP contribution in [0.5, 0.6) is 0 Å². The predicted octanol–water partition coefficient (Wildman–Crippen LogP) is 2.72. The third-order valence-electron chi connectivity index (χ3n) is 6.12. The number of anilines is 1. The summed E-state index contributed by atoms with van der Waals surface area (Å²) in [7, 11) is 3.85. The molecule has 1 aliphatic rings. The second-order valence-corrected chi connectivity index (χ2v) is 8.98. The Morgan fingerprint density at radius 2 is 1.94 bits per heavy atom. The maximum Gasteiger partial charge on any atom is 0.419 e. The summed E-state index contributed by atoms with van der Waals surface area (Å²) >= 11 is 0. The first-order valence-corrected chi connectivity index (χ1v) is 11.4. The molecule has 1 unspecified atom stereocenters. The molecule has 1 aromatic heterocycles. The number of carbonyl (C=O) groups is 2. The van der Waals surface area contributed by atoms with E-state index in [1.54, 1.807) is 39.8 Å². The molecule has 1 aliphatic heterocycles. The number of aromatic nitrogens is 1. The van der Waals surface area contributed by atoms with E-state index in [1.807, 2.05) is 19.0 Å². The van der Waals surface area contributed by atoms with E-state index in [2.05, 4.69) is 5.32 Å². The Bertz CT molecular complexity index is 1230. The van der Waals surface area contributed by atoms with E-state index in [9.17, 15) is 18.8 Å². The van der Waals surface area contributed by atoms with Gasteiger partial charge in [-0.15, -0.1) is 0 Å². The molecule has 1 atom stereocenters. The minimum Gasteiger partial charge on any atom is -0.408 e. The first-order valence-electron chi connectivity index (χ1n) is 11.4. The fourth-order valence-electron chi connectivity index (χ4n) is 4.20. The zero-order valence-corrected chi connectivity index (χ0v) is 19.4. The van der Waals surface area contributed by atoms with Crippen LogP contribution < -0.4 is 11.1 Å². The van der Waals surface area contributed by atoms with Crippen molar-refractivity contribution in [3.63, 3.8) is 0 Å². The third kappa shape index (κ3) is 5.53. The number of amides is 2. The Kier molecular flexibility index (Phi) is 7.12. The number of halogens is 1. The summed E-state index contributed by atoms with van der Waals surface area (Å²) in [6, 6.07) is 11.0. The summed E-state index contributed by atoms with van der Waals surface area (Å²) < 4.78 is 20.0. The van der Waals surface area contributed by atoms with E-state index >= 15 is 0 Å². The zero-order chi connectivity index (χ0) is 24.2. The highest BCUT2D eigenvalue weighted by Gasteiger charge is 2.28. The lowest BCUT2D eigenvalue weighted by Crippen LogP contribution is -2.44. The summed E-state index contributed by atoms with van der Waals surface area (Å²) in [5.41, 5.74) is 2.42. The lowest BCUT2D eigenvalue weighted by Gasteiger charge is -2.32. The largest absolute Gasteiger partial charge is 0.419 e. The molecule has 2 amide bonds. The predicted molar refractivity (Wildman–Crippen MR) is 127 cm³/mol. The van der Waals surface area contributed by atoms with Crippen molar-refractivity contribution in [1.82, 2.24) is 14.4 Å². The smallest absolute Gasteiger partial charge is 0.408 e. The molecule has 0 saturated carbocycles. The fraction of sp³-hybridized carbons (Fsp3) is 0.400. The SMILES string of the molecule is CN(C)CCn1c(=O)oc2ccc(NC(=O)C3CCCN(C(=O)Cc4ccc(F)cc4)C3)cc21. The molecule has 9 heteroatoms. The molecule has 2 heterocycles. The van der Waals surface area contributed by atoms with Crippen molar-refractivity contribution in [2.75, 3.05) is 39.0 Å². The summed E-state index contributed by atoms with van der Waals surface area (Å²) in [6.45, 7) is 2.09. The minimum atomic E-state index is -0.428. The van der Waals surface area contributed by atoms with E-state index in [0.717, 1.165) is 12.0 Å². The molecule has 0 bridgehead atoms. The average Bonchev–Trinajstić information content (AvgIpc) is 3.13. The van der Waals surface area contributed by atoms with Gasteiger partial charge < -0.3 is 19.5 Å². The normalized spacial score (nSPS) is 16.2. The molecule has 1 saturated heterocycles. The first kappa shape index (κ1) is 23.7. The summed E-state index contributed by atoms with van der Waals surface area (Å²) in [6.07, 6.45) is 1.60. The first-order chi connectivity index (χ1) is 16.3. The van der Waals surface area contributed by atoms with Gasteiger partial charge in [0.1, 0.15) is 5.82 Å². The second kappa shape index (κ2) is 10.2. The van der Waals surface area contributed by atoms with Crippen molar-refractivity contribution >= 4 is 28.6 Å². The number of carbonyl (C=O) groups excluding carboxylic acids is 2. The maximum atomic E-state index is 13.1. The molecule has 0 spiro atoms. The van der Waals surface area contributed by atoms with Gasteiger partial charge in [-0.2, -0.15) is 0 Å². The standard InChI is InChI=1S/C25H29FN4O4/c1-28(2)12-13-30-21-15-20(9-10-22(21)34-25(30)33)27-24(32)18-4-3-11-29(16-18)23(31)14-17-5-7-19(26)8-6-17/h5-10,15,18H,3-4,11-14,16H2,1-2H3,(H,27,32). The van der Waals surface area contributed by atoms with Gasteiger partial charge in [0, 0.05) is 31.9 Å². The Morgan fingerprint density at radius 1 is 1.18 bits per heavy atom. The number of benzene rings is 2. The number of oxazole rings is 1. The molecule has 0 aliphatic carbocycles. The van der Waals surface area contributed by atoms with E-state index in [-0.39, 0.29) is 30.0 Å². The van der Waals surface area contributed by atoms with Gasteiger partial charge in [-0.25, -0.2) is 9.18 Å². The van der Waals surface area contributed by atoms with Crippen molar-refractivity contribution in [1.29, 1.82) is 0 Å². The van der Waals surface area contributed by atoms with Crippen LogP contribution in [0.4, 0.5) is 10.1 Å². The van der Waals surface area contributed by atoms with Gasteiger partial charge in [-0.3, -0.25) is 14.2 Å². The summed E-state index contributed by atoms with van der Waals surface area (Å²) in [5, 5.41) is 2.93. The van der Waals surface area contributed by atoms with E-state index in [4.69, 9.17) is 4.42 Å². The number of hydrogen-bond donors (Lipinski definition) is 1. The highest BCUT2D eigenvalue weighted by molar-refractivity contribution is 5.95. The van der Waals surface area contributed by atoms with Crippen molar-refractivity contribution in [3.8, 4) is 0 Å². The van der Waals surface area contributed by atoms with Crippen molar-refractivity contribution in [3.05, 3.63) is 64.4 Å². The molecule has 0 radical (unpaired) electrons. The van der Waals surface area contributed by atoms with Crippen LogP contribution in [0.3, 0.4) is 0 Å². The fourth-order valence-corrected chi connectivity index (χ4v) is 4.20. The number of hydrogen-bond acceptors (Lipinski definition) is 5. The number of piperidine rings is 1. The van der Waals surface area contributed by atoms with Gasteiger partial charge in [-0.1, -0.05) is 12.1 Å². The van der Waals surface area contributed by atoms with Crippen molar-refractivity contribution in [2.24, 2.45) is 5.92 Å². The Hall–Kier alpha value is -3.46. The Labute approximate surface area is 196 Å². The Morgan fingerprint density at radius 3 is 2.68 bits per heavy atom. The highest BCUT2D eigenvalue weighted by atomic mass is 19.1. The van der Waals surface area contributed by atoms with Crippen LogP contribution in [0.15, 0.2) is 51.7 Å². The monoisotopic (exact) mass is 468 g/mol. The van der Waals surface area contributed by atoms with Crippen LogP contribution in [0, 0.1) is 11.7 Å². The summed E-state index contributed by atoms with van der Waals surface area (Å²) in [5.74, 6) is -1.34. The molecule has 34 heavy (non-hydrogen) atoms. The maximum absolute atomic E-state index is 13.1. The zero-order valence-electron chi connectivity index (χ0n) is 19.4. The molecule has 1 N–H and O–H groups in total. The van der Waals surface area contributed by atoms with Gasteiger partial charge in [0.2, 0.25) is 11.8 Å².